The molecule has 0 radical (unpaired) electrons. The molecular formula is C21H23N5O2S. The van der Waals surface area contributed by atoms with Crippen LogP contribution in [0.1, 0.15) is 47.5 Å². The van der Waals surface area contributed by atoms with Gasteiger partial charge < -0.3 is 14.6 Å². The van der Waals surface area contributed by atoms with Crippen LogP contribution < -0.4 is 5.32 Å². The second-order valence-corrected chi connectivity index (χ2v) is 8.25. The molecule has 1 saturated heterocycles. The van der Waals surface area contributed by atoms with Crippen molar-refractivity contribution < 1.29 is 9.21 Å². The molecule has 3 aromatic heterocycles. The SMILES string of the molecule is Cc1nc(Nc2ncc(C)s2)cc([C@H]2CCCCN2C(=O)/C=C/c2ccco2)n1. The van der Waals surface area contributed by atoms with Crippen LogP contribution in [0.4, 0.5) is 10.9 Å². The van der Waals surface area contributed by atoms with Crippen LogP contribution in [-0.4, -0.2) is 32.3 Å². The van der Waals surface area contributed by atoms with Gasteiger partial charge in [0.15, 0.2) is 5.13 Å². The lowest BCUT2D eigenvalue weighted by Crippen LogP contribution is -2.38. The van der Waals surface area contributed by atoms with Gasteiger partial charge in [0, 0.05) is 29.8 Å². The van der Waals surface area contributed by atoms with Crippen LogP contribution in [-0.2, 0) is 4.79 Å². The summed E-state index contributed by atoms with van der Waals surface area (Å²) in [7, 11) is 0. The summed E-state index contributed by atoms with van der Waals surface area (Å²) in [5, 5.41) is 4.06. The molecule has 8 heteroatoms. The Morgan fingerprint density at radius 3 is 3.00 bits per heavy atom. The van der Waals surface area contributed by atoms with Gasteiger partial charge in [0.25, 0.3) is 0 Å². The minimum absolute atomic E-state index is 0.0348. The van der Waals surface area contributed by atoms with Gasteiger partial charge in [-0.15, -0.1) is 11.3 Å². The van der Waals surface area contributed by atoms with E-state index in [0.29, 0.717) is 23.9 Å². The number of carbonyl (C=O) groups excluding carboxylic acids is 1. The number of furan rings is 1. The smallest absolute Gasteiger partial charge is 0.247 e. The molecule has 3 aromatic rings. The number of hydrogen-bond acceptors (Lipinski definition) is 7. The molecular weight excluding hydrogens is 386 g/mol. The lowest BCUT2D eigenvalue weighted by molar-refractivity contribution is -0.129. The van der Waals surface area contributed by atoms with Crippen molar-refractivity contribution in [1.29, 1.82) is 0 Å². The number of hydrogen-bond donors (Lipinski definition) is 1. The van der Waals surface area contributed by atoms with E-state index in [1.165, 1.54) is 0 Å². The Hall–Kier alpha value is -3.00. The molecule has 1 aliphatic heterocycles. The summed E-state index contributed by atoms with van der Waals surface area (Å²) in [6.07, 6.45) is 9.63. The number of nitrogens with zero attached hydrogens (tertiary/aromatic N) is 4. The van der Waals surface area contributed by atoms with Crippen molar-refractivity contribution in [3.63, 3.8) is 0 Å². The minimum atomic E-state index is -0.0715. The zero-order chi connectivity index (χ0) is 20.2. The third-order valence-corrected chi connectivity index (χ3v) is 5.60. The average molecular weight is 410 g/mol. The Labute approximate surface area is 173 Å². The molecule has 1 amide bonds. The third-order valence-electron chi connectivity index (χ3n) is 4.77. The third kappa shape index (κ3) is 4.71. The van der Waals surface area contributed by atoms with Crippen molar-refractivity contribution in [3.8, 4) is 0 Å². The van der Waals surface area contributed by atoms with Crippen LogP contribution in [0.25, 0.3) is 6.08 Å². The van der Waals surface area contributed by atoms with Gasteiger partial charge in [-0.05, 0) is 51.3 Å². The molecule has 1 aliphatic rings. The molecule has 150 valence electrons. The number of thiazole rings is 1. The van der Waals surface area contributed by atoms with Crippen LogP contribution in [0.5, 0.6) is 0 Å². The predicted octanol–water partition coefficient (Wildman–Crippen LogP) is 4.65. The fourth-order valence-electron chi connectivity index (χ4n) is 3.49. The van der Waals surface area contributed by atoms with E-state index in [1.54, 1.807) is 35.8 Å². The second kappa shape index (κ2) is 8.57. The first-order valence-electron chi connectivity index (χ1n) is 9.66. The van der Waals surface area contributed by atoms with Gasteiger partial charge in [-0.1, -0.05) is 0 Å². The van der Waals surface area contributed by atoms with Gasteiger partial charge in [0.1, 0.15) is 17.4 Å². The number of likely N-dealkylation sites (tertiary alicyclic amines) is 1. The number of piperidine rings is 1. The van der Waals surface area contributed by atoms with E-state index in [-0.39, 0.29) is 11.9 Å². The van der Waals surface area contributed by atoms with Crippen molar-refractivity contribution in [1.82, 2.24) is 19.9 Å². The highest BCUT2D eigenvalue weighted by atomic mass is 32.1. The van der Waals surface area contributed by atoms with Crippen molar-refractivity contribution in [2.24, 2.45) is 0 Å². The summed E-state index contributed by atoms with van der Waals surface area (Å²) in [4.78, 5) is 29.4. The van der Waals surface area contributed by atoms with Gasteiger partial charge >= 0.3 is 0 Å². The summed E-state index contributed by atoms with van der Waals surface area (Å²) in [5.74, 6) is 2.00. The van der Waals surface area contributed by atoms with Crippen molar-refractivity contribution in [2.75, 3.05) is 11.9 Å². The molecule has 1 fully saturated rings. The summed E-state index contributed by atoms with van der Waals surface area (Å²) in [5.41, 5.74) is 0.854. The second-order valence-electron chi connectivity index (χ2n) is 7.02. The topological polar surface area (TPSA) is 84.2 Å². The Kier molecular flexibility index (Phi) is 5.71. The van der Waals surface area contributed by atoms with E-state index in [1.807, 2.05) is 37.1 Å². The number of anilines is 2. The Bertz CT molecular complexity index is 1010. The van der Waals surface area contributed by atoms with Gasteiger partial charge in [-0.2, -0.15) is 0 Å². The highest BCUT2D eigenvalue weighted by Crippen LogP contribution is 2.32. The number of aromatic nitrogens is 3. The number of nitrogens with one attached hydrogen (secondary N) is 1. The molecule has 0 saturated carbocycles. The summed E-state index contributed by atoms with van der Waals surface area (Å²) in [6, 6.07) is 5.48. The molecule has 0 aliphatic carbocycles. The summed E-state index contributed by atoms with van der Waals surface area (Å²) in [6.45, 7) is 4.60. The van der Waals surface area contributed by atoms with E-state index in [9.17, 15) is 4.79 Å². The van der Waals surface area contributed by atoms with Crippen LogP contribution in [0.15, 0.2) is 41.2 Å². The van der Waals surface area contributed by atoms with Gasteiger partial charge in [-0.25, -0.2) is 15.0 Å². The molecule has 4 rings (SSSR count). The lowest BCUT2D eigenvalue weighted by atomic mass is 9.98. The fraction of sp³-hybridized carbons (Fsp3) is 0.333. The first-order chi connectivity index (χ1) is 14.1. The highest BCUT2D eigenvalue weighted by Gasteiger charge is 2.28. The lowest BCUT2D eigenvalue weighted by Gasteiger charge is -2.35. The van der Waals surface area contributed by atoms with Crippen LogP contribution in [0.2, 0.25) is 0 Å². The first kappa shape index (κ1) is 19.3. The highest BCUT2D eigenvalue weighted by molar-refractivity contribution is 7.15. The molecule has 1 N–H and O–H groups in total. The maximum Gasteiger partial charge on any atom is 0.247 e. The Balaban J connectivity index is 1.56. The van der Waals surface area contributed by atoms with E-state index in [0.717, 1.165) is 35.0 Å². The van der Waals surface area contributed by atoms with E-state index >= 15 is 0 Å². The monoisotopic (exact) mass is 409 g/mol. The Morgan fingerprint density at radius 1 is 1.34 bits per heavy atom. The zero-order valence-corrected chi connectivity index (χ0v) is 17.3. The van der Waals surface area contributed by atoms with Gasteiger partial charge in [0.2, 0.25) is 5.91 Å². The quantitative estimate of drug-likeness (QED) is 0.617. The maximum atomic E-state index is 12.9. The zero-order valence-electron chi connectivity index (χ0n) is 16.5. The van der Waals surface area contributed by atoms with E-state index in [4.69, 9.17) is 4.42 Å². The molecule has 29 heavy (non-hydrogen) atoms. The van der Waals surface area contributed by atoms with Crippen LogP contribution in [0, 0.1) is 13.8 Å². The molecule has 0 spiro atoms. The van der Waals surface area contributed by atoms with Gasteiger partial charge in [0.05, 0.1) is 18.0 Å². The fourth-order valence-corrected chi connectivity index (χ4v) is 4.16. The van der Waals surface area contributed by atoms with E-state index in [2.05, 4.69) is 20.3 Å². The Morgan fingerprint density at radius 2 is 2.24 bits per heavy atom. The predicted molar refractivity (Wildman–Crippen MR) is 113 cm³/mol. The minimum Gasteiger partial charge on any atom is -0.465 e. The molecule has 4 heterocycles. The maximum absolute atomic E-state index is 12.9. The number of aryl methyl sites for hydroxylation is 2. The van der Waals surface area contributed by atoms with Crippen LogP contribution >= 0.6 is 11.3 Å². The summed E-state index contributed by atoms with van der Waals surface area (Å²) < 4.78 is 5.28. The molecule has 0 bridgehead atoms. The van der Waals surface area contributed by atoms with Crippen molar-refractivity contribution >= 4 is 34.3 Å². The normalized spacial score (nSPS) is 17.0. The van der Waals surface area contributed by atoms with Crippen molar-refractivity contribution in [2.45, 2.75) is 39.2 Å². The average Bonchev–Trinajstić information content (AvgIpc) is 3.37. The largest absolute Gasteiger partial charge is 0.465 e. The molecule has 0 aromatic carbocycles. The number of carbonyl (C=O) groups is 1. The number of amides is 1. The van der Waals surface area contributed by atoms with Crippen LogP contribution in [0.3, 0.4) is 0 Å². The molecule has 1 atom stereocenters. The standard InChI is InChI=1S/C21H23N5O2S/c1-14-13-22-21(29-14)25-19-12-17(23-15(2)24-19)18-7-3-4-10-26(18)20(27)9-8-16-6-5-11-28-16/h5-6,8-9,11-13,18H,3-4,7,10H2,1-2H3,(H,22,23,24,25)/b9-8+/t18-/m1/s1. The molecule has 0 unspecified atom stereocenters. The first-order valence-corrected chi connectivity index (χ1v) is 10.5. The summed E-state index contributed by atoms with van der Waals surface area (Å²) >= 11 is 1.58. The van der Waals surface area contributed by atoms with Gasteiger partial charge in [-0.3, -0.25) is 4.79 Å². The molecule has 7 nitrogen and oxygen atoms in total. The van der Waals surface area contributed by atoms with Crippen molar-refractivity contribution in [3.05, 3.63) is 58.9 Å². The van der Waals surface area contributed by atoms with E-state index < -0.39 is 0 Å². The number of rotatable bonds is 5.